The Labute approximate surface area is 129 Å². The quantitative estimate of drug-likeness (QED) is 0.886. The number of halogens is 3. The molecular weight excluding hydrogens is 326 g/mol. The third-order valence-corrected chi connectivity index (χ3v) is 5.01. The zero-order valence-electron chi connectivity index (χ0n) is 10.9. The van der Waals surface area contributed by atoms with Crippen LogP contribution in [0.1, 0.15) is 19.8 Å². The summed E-state index contributed by atoms with van der Waals surface area (Å²) in [5.41, 5.74) is 0. The summed E-state index contributed by atoms with van der Waals surface area (Å²) in [6, 6.07) is 3.34. The third-order valence-electron chi connectivity index (χ3n) is 3.25. The summed E-state index contributed by atoms with van der Waals surface area (Å²) in [5, 5.41) is 3.36. The molecule has 1 aromatic rings. The van der Waals surface area contributed by atoms with Crippen molar-refractivity contribution in [2.45, 2.75) is 36.7 Å². The van der Waals surface area contributed by atoms with E-state index in [0.29, 0.717) is 0 Å². The van der Waals surface area contributed by atoms with E-state index in [-0.39, 0.29) is 34.4 Å². The summed E-state index contributed by atoms with van der Waals surface area (Å²) >= 11 is 5.62. The van der Waals surface area contributed by atoms with E-state index in [9.17, 15) is 12.8 Å². The van der Waals surface area contributed by atoms with Gasteiger partial charge in [-0.15, -0.1) is 12.4 Å². The molecule has 1 aromatic carbocycles. The first-order valence-electron chi connectivity index (χ1n) is 6.11. The molecule has 1 aliphatic heterocycles. The van der Waals surface area contributed by atoms with Crippen LogP contribution in [0, 0.1) is 5.82 Å². The van der Waals surface area contributed by atoms with Crippen LogP contribution >= 0.6 is 24.0 Å². The van der Waals surface area contributed by atoms with Gasteiger partial charge in [0, 0.05) is 17.1 Å². The fourth-order valence-electron chi connectivity index (χ4n) is 2.16. The zero-order chi connectivity index (χ0) is 14.0. The first-order valence-corrected chi connectivity index (χ1v) is 7.97. The van der Waals surface area contributed by atoms with Crippen LogP contribution in [-0.4, -0.2) is 27.0 Å². The van der Waals surface area contributed by atoms with Crippen molar-refractivity contribution in [1.82, 2.24) is 10.0 Å². The Morgan fingerprint density at radius 1 is 1.45 bits per heavy atom. The van der Waals surface area contributed by atoms with Crippen LogP contribution in [0.25, 0.3) is 0 Å². The van der Waals surface area contributed by atoms with Crippen molar-refractivity contribution in [2.75, 3.05) is 6.54 Å². The van der Waals surface area contributed by atoms with Gasteiger partial charge in [0.15, 0.2) is 0 Å². The van der Waals surface area contributed by atoms with E-state index in [1.165, 1.54) is 12.1 Å². The maximum absolute atomic E-state index is 13.7. The van der Waals surface area contributed by atoms with Gasteiger partial charge in [0.1, 0.15) is 10.7 Å². The van der Waals surface area contributed by atoms with Crippen LogP contribution in [0.2, 0.25) is 5.02 Å². The second-order valence-electron chi connectivity index (χ2n) is 4.69. The lowest BCUT2D eigenvalue weighted by Gasteiger charge is -2.30. The standard InChI is InChI=1S/C12H16ClFN2O2S.ClH/c1-8-11(3-2-6-15-8)16-19(17,18)12-5-4-9(13)7-10(12)14;/h4-5,7-8,11,15-16H,2-3,6H2,1H3;1H. The van der Waals surface area contributed by atoms with Crippen LogP contribution < -0.4 is 10.0 Å². The highest BCUT2D eigenvalue weighted by molar-refractivity contribution is 7.89. The molecule has 0 aromatic heterocycles. The van der Waals surface area contributed by atoms with Gasteiger partial charge in [-0.2, -0.15) is 0 Å². The van der Waals surface area contributed by atoms with Crippen molar-refractivity contribution in [3.63, 3.8) is 0 Å². The highest BCUT2D eigenvalue weighted by Gasteiger charge is 2.28. The van der Waals surface area contributed by atoms with Crippen molar-refractivity contribution in [3.05, 3.63) is 29.0 Å². The lowest BCUT2D eigenvalue weighted by atomic mass is 10.0. The summed E-state index contributed by atoms with van der Waals surface area (Å²) in [7, 11) is -3.86. The van der Waals surface area contributed by atoms with Crippen LogP contribution in [0.4, 0.5) is 4.39 Å². The molecule has 0 radical (unpaired) electrons. The van der Waals surface area contributed by atoms with Crippen LogP contribution in [0.3, 0.4) is 0 Å². The molecule has 1 saturated heterocycles. The molecule has 0 aliphatic carbocycles. The Morgan fingerprint density at radius 2 is 2.15 bits per heavy atom. The summed E-state index contributed by atoms with van der Waals surface area (Å²) in [4.78, 5) is -0.366. The van der Waals surface area contributed by atoms with E-state index < -0.39 is 15.8 Å². The number of piperidine rings is 1. The molecule has 4 nitrogen and oxygen atoms in total. The summed E-state index contributed by atoms with van der Waals surface area (Å²) in [6.07, 6.45) is 1.63. The molecule has 8 heteroatoms. The largest absolute Gasteiger partial charge is 0.313 e. The first kappa shape index (κ1) is 17.7. The molecule has 20 heavy (non-hydrogen) atoms. The van der Waals surface area contributed by atoms with Gasteiger partial charge in [-0.25, -0.2) is 17.5 Å². The molecule has 2 rings (SSSR count). The Balaban J connectivity index is 0.00000200. The molecule has 2 unspecified atom stereocenters. The van der Waals surface area contributed by atoms with Crippen molar-refractivity contribution >= 4 is 34.0 Å². The topological polar surface area (TPSA) is 58.2 Å². The zero-order valence-corrected chi connectivity index (χ0v) is 13.3. The summed E-state index contributed by atoms with van der Waals surface area (Å²) in [5.74, 6) is -0.837. The Kier molecular flexibility index (Phi) is 6.22. The van der Waals surface area contributed by atoms with Gasteiger partial charge in [0.05, 0.1) is 0 Å². The first-order chi connectivity index (χ1) is 8.90. The summed E-state index contributed by atoms with van der Waals surface area (Å²) < 4.78 is 40.5. The smallest absolute Gasteiger partial charge is 0.243 e. The number of hydrogen-bond donors (Lipinski definition) is 2. The van der Waals surface area contributed by atoms with Crippen molar-refractivity contribution in [2.24, 2.45) is 0 Å². The van der Waals surface area contributed by atoms with E-state index in [0.717, 1.165) is 25.5 Å². The van der Waals surface area contributed by atoms with Gasteiger partial charge in [-0.3, -0.25) is 0 Å². The fourth-order valence-corrected chi connectivity index (χ4v) is 3.73. The summed E-state index contributed by atoms with van der Waals surface area (Å²) in [6.45, 7) is 2.78. The Hall–Kier alpha value is -0.400. The maximum Gasteiger partial charge on any atom is 0.243 e. The fraction of sp³-hybridized carbons (Fsp3) is 0.500. The van der Waals surface area contributed by atoms with E-state index in [1.807, 2.05) is 6.92 Å². The second-order valence-corrected chi connectivity index (χ2v) is 6.81. The van der Waals surface area contributed by atoms with Gasteiger partial charge in [-0.1, -0.05) is 11.6 Å². The predicted molar refractivity (Wildman–Crippen MR) is 79.5 cm³/mol. The molecule has 1 fully saturated rings. The Bertz CT molecular complexity index is 569. The normalized spacial score (nSPS) is 23.1. The van der Waals surface area contributed by atoms with Gasteiger partial charge in [0.2, 0.25) is 10.0 Å². The van der Waals surface area contributed by atoms with Crippen molar-refractivity contribution in [3.8, 4) is 0 Å². The second kappa shape index (κ2) is 7.04. The number of rotatable bonds is 3. The van der Waals surface area contributed by atoms with E-state index in [4.69, 9.17) is 11.6 Å². The van der Waals surface area contributed by atoms with Crippen molar-refractivity contribution < 1.29 is 12.8 Å². The lowest BCUT2D eigenvalue weighted by molar-refractivity contribution is 0.348. The SMILES string of the molecule is CC1NCCCC1NS(=O)(=O)c1ccc(Cl)cc1F.Cl. The lowest BCUT2D eigenvalue weighted by Crippen LogP contribution is -2.51. The number of sulfonamides is 1. The van der Waals surface area contributed by atoms with E-state index in [1.54, 1.807) is 0 Å². The minimum atomic E-state index is -3.86. The third kappa shape index (κ3) is 4.05. The Morgan fingerprint density at radius 3 is 2.75 bits per heavy atom. The molecule has 0 amide bonds. The molecule has 1 heterocycles. The molecule has 2 atom stereocenters. The molecular formula is C12H17Cl2FN2O2S. The highest BCUT2D eigenvalue weighted by atomic mass is 35.5. The van der Waals surface area contributed by atoms with Gasteiger partial charge < -0.3 is 5.32 Å². The minimum Gasteiger partial charge on any atom is -0.313 e. The van der Waals surface area contributed by atoms with E-state index >= 15 is 0 Å². The van der Waals surface area contributed by atoms with Gasteiger partial charge in [-0.05, 0) is 44.5 Å². The maximum atomic E-state index is 13.7. The van der Waals surface area contributed by atoms with Gasteiger partial charge >= 0.3 is 0 Å². The number of benzene rings is 1. The average molecular weight is 343 g/mol. The molecule has 0 spiro atoms. The monoisotopic (exact) mass is 342 g/mol. The molecule has 0 saturated carbocycles. The highest BCUT2D eigenvalue weighted by Crippen LogP contribution is 2.20. The van der Waals surface area contributed by atoms with E-state index in [2.05, 4.69) is 10.0 Å². The van der Waals surface area contributed by atoms with Crippen molar-refractivity contribution in [1.29, 1.82) is 0 Å². The van der Waals surface area contributed by atoms with Crippen LogP contribution in [0.15, 0.2) is 23.1 Å². The molecule has 2 N–H and O–H groups in total. The number of nitrogens with one attached hydrogen (secondary N) is 2. The molecule has 1 aliphatic rings. The minimum absolute atomic E-state index is 0. The average Bonchev–Trinajstić information content (AvgIpc) is 2.31. The molecule has 114 valence electrons. The van der Waals surface area contributed by atoms with Crippen LogP contribution in [-0.2, 0) is 10.0 Å². The molecule has 0 bridgehead atoms. The number of hydrogen-bond acceptors (Lipinski definition) is 3. The van der Waals surface area contributed by atoms with Crippen LogP contribution in [0.5, 0.6) is 0 Å². The predicted octanol–water partition coefficient (Wildman–Crippen LogP) is 2.32. The van der Waals surface area contributed by atoms with Gasteiger partial charge in [0.25, 0.3) is 0 Å².